The monoisotopic (exact) mass is 187 g/mol. The Balaban J connectivity index is 2.83. The number of aromatic amines is 1. The molecular weight excluding hydrogens is 178 g/mol. The van der Waals surface area contributed by atoms with Crippen LogP contribution in [0.1, 0.15) is 6.92 Å². The van der Waals surface area contributed by atoms with Gasteiger partial charge in [0.25, 0.3) is 0 Å². The Morgan fingerprint density at radius 2 is 2.50 bits per heavy atom. The van der Waals surface area contributed by atoms with E-state index in [1.807, 2.05) is 6.92 Å². The van der Waals surface area contributed by atoms with E-state index in [-0.39, 0.29) is 5.69 Å². The number of hydrogen-bond donors (Lipinski definition) is 1. The van der Waals surface area contributed by atoms with Crippen LogP contribution in [0, 0.1) is 0 Å². The second-order valence-electron chi connectivity index (χ2n) is 2.03. The van der Waals surface area contributed by atoms with Crippen LogP contribution in [-0.2, 0) is 11.3 Å². The molecule has 1 heterocycles. The van der Waals surface area contributed by atoms with Crippen LogP contribution in [0.3, 0.4) is 0 Å². The van der Waals surface area contributed by atoms with Crippen molar-refractivity contribution in [3.8, 4) is 0 Å². The first-order valence-corrected chi connectivity index (χ1v) is 4.49. The van der Waals surface area contributed by atoms with E-state index in [0.717, 1.165) is 6.29 Å². The lowest BCUT2D eigenvalue weighted by atomic mass is 10.7. The number of aromatic nitrogens is 3. The molecule has 1 N–H and O–H groups in total. The average Bonchev–Trinajstić information content (AvgIpc) is 2.43. The van der Waals surface area contributed by atoms with Gasteiger partial charge < -0.3 is 4.79 Å². The summed E-state index contributed by atoms with van der Waals surface area (Å²) in [6.45, 7) is 2.42. The minimum Gasteiger partial charge on any atom is -0.302 e. The van der Waals surface area contributed by atoms with Gasteiger partial charge in [-0.1, -0.05) is 11.8 Å². The topological polar surface area (TPSA) is 67.8 Å². The molecule has 0 unspecified atom stereocenters. The Morgan fingerprint density at radius 3 is 3.08 bits per heavy atom. The lowest BCUT2D eigenvalue weighted by molar-refractivity contribution is -0.105. The number of nitrogens with one attached hydrogen (secondary N) is 1. The first-order chi connectivity index (χ1) is 5.79. The molecule has 0 fully saturated rings. The van der Waals surface area contributed by atoms with Crippen LogP contribution < -0.4 is 5.69 Å². The van der Waals surface area contributed by atoms with Crippen molar-refractivity contribution in [2.75, 3.05) is 5.75 Å². The molecule has 6 heteroatoms. The van der Waals surface area contributed by atoms with Crippen molar-refractivity contribution in [1.82, 2.24) is 14.8 Å². The lowest BCUT2D eigenvalue weighted by Gasteiger charge is -1.97. The maximum absolute atomic E-state index is 11.0. The molecule has 1 aromatic rings. The molecule has 0 atom stereocenters. The van der Waals surface area contributed by atoms with Gasteiger partial charge in [0.05, 0.1) is 5.75 Å². The smallest absolute Gasteiger partial charge is 0.302 e. The molecule has 66 valence electrons. The minimum atomic E-state index is -0.231. The molecule has 0 spiro atoms. The number of aldehydes is 1. The SMILES string of the molecule is CCn1c(SCC=O)n[nH]c1=O. The molecule has 5 nitrogen and oxygen atoms in total. The van der Waals surface area contributed by atoms with Crippen molar-refractivity contribution in [2.45, 2.75) is 18.6 Å². The predicted octanol–water partition coefficient (Wildman–Crippen LogP) is -0.118. The molecule has 12 heavy (non-hydrogen) atoms. The first-order valence-electron chi connectivity index (χ1n) is 3.51. The average molecular weight is 187 g/mol. The fourth-order valence-corrected chi connectivity index (χ4v) is 1.50. The van der Waals surface area contributed by atoms with E-state index in [4.69, 9.17) is 0 Å². The molecule has 0 aliphatic rings. The Labute approximate surface area is 73.2 Å². The summed E-state index contributed by atoms with van der Waals surface area (Å²) in [4.78, 5) is 21.0. The van der Waals surface area contributed by atoms with Crippen LogP contribution in [0.15, 0.2) is 9.95 Å². The second kappa shape index (κ2) is 4.10. The second-order valence-corrected chi connectivity index (χ2v) is 3.02. The largest absolute Gasteiger partial charge is 0.343 e. The Morgan fingerprint density at radius 1 is 1.75 bits per heavy atom. The number of rotatable bonds is 4. The highest BCUT2D eigenvalue weighted by Crippen LogP contribution is 2.10. The molecule has 1 rings (SSSR count). The number of carbonyl (C=O) groups excluding carboxylic acids is 1. The van der Waals surface area contributed by atoms with E-state index in [9.17, 15) is 9.59 Å². The van der Waals surface area contributed by atoms with Crippen molar-refractivity contribution < 1.29 is 4.79 Å². The van der Waals surface area contributed by atoms with Crippen LogP contribution in [-0.4, -0.2) is 26.8 Å². The van der Waals surface area contributed by atoms with Gasteiger partial charge in [-0.3, -0.25) is 4.57 Å². The van der Waals surface area contributed by atoms with E-state index >= 15 is 0 Å². The Kier molecular flexibility index (Phi) is 3.09. The normalized spacial score (nSPS) is 10.1. The number of thioether (sulfide) groups is 1. The summed E-state index contributed by atoms with van der Waals surface area (Å²) in [5.74, 6) is 0.324. The van der Waals surface area contributed by atoms with Crippen molar-refractivity contribution in [1.29, 1.82) is 0 Å². The van der Waals surface area contributed by atoms with Crippen LogP contribution in [0.25, 0.3) is 0 Å². The predicted molar refractivity (Wildman–Crippen MR) is 45.3 cm³/mol. The van der Waals surface area contributed by atoms with E-state index in [0.29, 0.717) is 17.5 Å². The van der Waals surface area contributed by atoms with Gasteiger partial charge in [0.1, 0.15) is 6.29 Å². The van der Waals surface area contributed by atoms with E-state index in [1.165, 1.54) is 16.3 Å². The molecule has 0 saturated carbocycles. The summed E-state index contributed by atoms with van der Waals surface area (Å²) in [6, 6.07) is 0. The molecule has 0 bridgehead atoms. The molecule has 0 amide bonds. The maximum atomic E-state index is 11.0. The quantitative estimate of drug-likeness (QED) is 0.527. The molecule has 0 aliphatic carbocycles. The van der Waals surface area contributed by atoms with Gasteiger partial charge in [0.2, 0.25) is 0 Å². The summed E-state index contributed by atoms with van der Waals surface area (Å²) >= 11 is 1.24. The van der Waals surface area contributed by atoms with Crippen molar-refractivity contribution in [3.63, 3.8) is 0 Å². The minimum absolute atomic E-state index is 0.231. The summed E-state index contributed by atoms with van der Waals surface area (Å²) in [5.41, 5.74) is -0.231. The number of carbonyl (C=O) groups is 1. The third-order valence-corrected chi connectivity index (χ3v) is 2.19. The maximum Gasteiger partial charge on any atom is 0.343 e. The van der Waals surface area contributed by atoms with Gasteiger partial charge in [-0.15, -0.1) is 5.10 Å². The van der Waals surface area contributed by atoms with Gasteiger partial charge in [-0.05, 0) is 6.92 Å². The van der Waals surface area contributed by atoms with Crippen LogP contribution in [0.2, 0.25) is 0 Å². The summed E-state index contributed by atoms with van der Waals surface area (Å²) in [7, 11) is 0. The van der Waals surface area contributed by atoms with E-state index < -0.39 is 0 Å². The zero-order valence-corrected chi connectivity index (χ0v) is 7.43. The summed E-state index contributed by atoms with van der Waals surface area (Å²) in [5, 5.41) is 6.64. The number of nitrogens with zero attached hydrogens (tertiary/aromatic N) is 2. The third kappa shape index (κ3) is 1.76. The molecule has 0 saturated heterocycles. The van der Waals surface area contributed by atoms with Crippen LogP contribution >= 0.6 is 11.8 Å². The molecule has 0 radical (unpaired) electrons. The Bertz CT molecular complexity index is 317. The number of H-pyrrole nitrogens is 1. The van der Waals surface area contributed by atoms with Crippen LogP contribution in [0.5, 0.6) is 0 Å². The van der Waals surface area contributed by atoms with Crippen molar-refractivity contribution >= 4 is 18.0 Å². The van der Waals surface area contributed by atoms with Crippen molar-refractivity contribution in [3.05, 3.63) is 10.5 Å². The molecule has 0 aromatic carbocycles. The molecular formula is C6H9N3O2S. The van der Waals surface area contributed by atoms with E-state index in [2.05, 4.69) is 10.2 Å². The fraction of sp³-hybridized carbons (Fsp3) is 0.500. The van der Waals surface area contributed by atoms with Gasteiger partial charge in [-0.2, -0.15) is 0 Å². The first kappa shape index (κ1) is 9.05. The van der Waals surface area contributed by atoms with Gasteiger partial charge >= 0.3 is 5.69 Å². The Hall–Kier alpha value is -1.04. The molecule has 1 aromatic heterocycles. The van der Waals surface area contributed by atoms with Gasteiger partial charge in [0.15, 0.2) is 5.16 Å². The van der Waals surface area contributed by atoms with Gasteiger partial charge in [0, 0.05) is 6.54 Å². The molecule has 0 aliphatic heterocycles. The summed E-state index contributed by atoms with van der Waals surface area (Å²) < 4.78 is 1.48. The van der Waals surface area contributed by atoms with Crippen LogP contribution in [0.4, 0.5) is 0 Å². The van der Waals surface area contributed by atoms with E-state index in [1.54, 1.807) is 0 Å². The standard InChI is InChI=1S/C6H9N3O2S/c1-2-9-5(11)7-8-6(9)12-4-3-10/h3H,2,4H2,1H3,(H,7,11). The third-order valence-electron chi connectivity index (χ3n) is 1.32. The zero-order chi connectivity index (χ0) is 8.97. The van der Waals surface area contributed by atoms with Gasteiger partial charge in [-0.25, -0.2) is 9.89 Å². The zero-order valence-electron chi connectivity index (χ0n) is 6.61. The summed E-state index contributed by atoms with van der Waals surface area (Å²) in [6.07, 6.45) is 0.782. The highest BCUT2D eigenvalue weighted by molar-refractivity contribution is 7.99. The highest BCUT2D eigenvalue weighted by atomic mass is 32.2. The fourth-order valence-electron chi connectivity index (χ4n) is 0.801. The van der Waals surface area contributed by atoms with Crippen molar-refractivity contribution in [2.24, 2.45) is 0 Å². The number of hydrogen-bond acceptors (Lipinski definition) is 4. The highest BCUT2D eigenvalue weighted by Gasteiger charge is 2.05. The lowest BCUT2D eigenvalue weighted by Crippen LogP contribution is -2.16.